The van der Waals surface area contributed by atoms with Gasteiger partial charge >= 0.3 is 5.97 Å². The summed E-state index contributed by atoms with van der Waals surface area (Å²) in [7, 11) is 0. The molecule has 6 atom stereocenters. The summed E-state index contributed by atoms with van der Waals surface area (Å²) in [5, 5.41) is 13.8. The maximum Gasteiger partial charge on any atom is 0.338 e. The van der Waals surface area contributed by atoms with E-state index in [4.69, 9.17) is 16.3 Å². The van der Waals surface area contributed by atoms with Crippen molar-refractivity contribution < 1.29 is 14.7 Å². The van der Waals surface area contributed by atoms with Crippen molar-refractivity contribution in [1.82, 2.24) is 0 Å². The number of fused-ring (bicyclic) bond motifs is 5. The van der Waals surface area contributed by atoms with E-state index in [-0.39, 0.29) is 22.9 Å². The van der Waals surface area contributed by atoms with Gasteiger partial charge in [0.25, 0.3) is 0 Å². The van der Waals surface area contributed by atoms with E-state index in [9.17, 15) is 10.0 Å². The first-order valence-electron chi connectivity index (χ1n) is 11.7. The smallest absolute Gasteiger partial charge is 0.338 e. The molecule has 4 aliphatic rings. The summed E-state index contributed by atoms with van der Waals surface area (Å²) >= 11 is 5.94. The van der Waals surface area contributed by atoms with E-state index in [1.54, 1.807) is 24.3 Å². The summed E-state index contributed by atoms with van der Waals surface area (Å²) in [5.74, 6) is 1.71. The monoisotopic (exact) mass is 441 g/mol. The lowest BCUT2D eigenvalue weighted by Gasteiger charge is -2.57. The molecule has 3 saturated carbocycles. The average Bonchev–Trinajstić information content (AvgIpc) is 3.10. The summed E-state index contributed by atoms with van der Waals surface area (Å²) in [6.45, 7) is 4.77. The Balaban J connectivity index is 1.32. The molecule has 0 aliphatic heterocycles. The highest BCUT2D eigenvalue weighted by Gasteiger charge is 2.58. The first kappa shape index (κ1) is 21.1. The molecule has 0 bridgehead atoms. The number of rotatable bonds is 2. The van der Waals surface area contributed by atoms with Crippen LogP contribution in [0.25, 0.3) is 0 Å². The highest BCUT2D eigenvalue weighted by molar-refractivity contribution is 6.30. The second kappa shape index (κ2) is 7.65. The van der Waals surface area contributed by atoms with Gasteiger partial charge < -0.3 is 9.94 Å². The number of halogens is 1. The second-order valence-electron chi connectivity index (χ2n) is 10.6. The fraction of sp³-hybridized carbons (Fsp3) is 0.615. The van der Waals surface area contributed by atoms with Crippen molar-refractivity contribution in [1.29, 1.82) is 0 Å². The summed E-state index contributed by atoms with van der Waals surface area (Å²) in [4.78, 5) is 12.6. The Morgan fingerprint density at radius 3 is 2.55 bits per heavy atom. The van der Waals surface area contributed by atoms with Crippen molar-refractivity contribution in [2.75, 3.05) is 0 Å². The van der Waals surface area contributed by atoms with E-state index >= 15 is 0 Å². The number of carbonyl (C=O) groups is 1. The van der Waals surface area contributed by atoms with Gasteiger partial charge in [0.1, 0.15) is 6.10 Å². The molecule has 1 N–H and O–H groups in total. The van der Waals surface area contributed by atoms with Crippen molar-refractivity contribution in [2.24, 2.45) is 33.7 Å². The van der Waals surface area contributed by atoms with Crippen molar-refractivity contribution >= 4 is 23.3 Å². The molecule has 0 heterocycles. The molecule has 166 valence electrons. The van der Waals surface area contributed by atoms with Crippen molar-refractivity contribution in [3.8, 4) is 0 Å². The van der Waals surface area contributed by atoms with Crippen LogP contribution in [0.15, 0.2) is 41.1 Å². The Kier molecular flexibility index (Phi) is 5.20. The fourth-order valence-electron chi connectivity index (χ4n) is 7.49. The van der Waals surface area contributed by atoms with Crippen LogP contribution >= 0.6 is 11.6 Å². The lowest BCUT2D eigenvalue weighted by Crippen LogP contribution is -2.50. The quantitative estimate of drug-likeness (QED) is 0.241. The molecule has 4 unspecified atom stereocenters. The summed E-state index contributed by atoms with van der Waals surface area (Å²) in [5.41, 5.74) is 3.35. The van der Waals surface area contributed by atoms with Crippen LogP contribution in [0.1, 0.15) is 75.6 Å². The number of allylic oxidation sites excluding steroid dienone is 1. The third-order valence-corrected chi connectivity index (χ3v) is 9.53. The number of oxime groups is 1. The molecule has 5 heteroatoms. The molecule has 0 radical (unpaired) electrons. The van der Waals surface area contributed by atoms with Gasteiger partial charge in [-0.05, 0) is 92.4 Å². The Labute approximate surface area is 189 Å². The summed E-state index contributed by atoms with van der Waals surface area (Å²) < 4.78 is 5.89. The topological polar surface area (TPSA) is 58.9 Å². The van der Waals surface area contributed by atoms with Crippen LogP contribution in [-0.2, 0) is 4.74 Å². The van der Waals surface area contributed by atoms with Crippen LogP contribution in [0.3, 0.4) is 0 Å². The highest BCUT2D eigenvalue weighted by Crippen LogP contribution is 2.64. The predicted molar refractivity (Wildman–Crippen MR) is 122 cm³/mol. The zero-order chi connectivity index (χ0) is 21.8. The van der Waals surface area contributed by atoms with E-state index in [0.717, 1.165) is 50.7 Å². The van der Waals surface area contributed by atoms with E-state index in [1.807, 2.05) is 0 Å². The maximum atomic E-state index is 12.6. The number of hydrogen-bond acceptors (Lipinski definition) is 4. The van der Waals surface area contributed by atoms with Crippen molar-refractivity contribution in [2.45, 2.75) is 71.3 Å². The third-order valence-electron chi connectivity index (χ3n) is 9.27. The maximum absolute atomic E-state index is 12.6. The molecular formula is C26H32ClNO3. The van der Waals surface area contributed by atoms with E-state index < -0.39 is 0 Å². The van der Waals surface area contributed by atoms with Crippen molar-refractivity contribution in [3.63, 3.8) is 0 Å². The molecule has 5 rings (SSSR count). The minimum absolute atomic E-state index is 0.0486. The van der Waals surface area contributed by atoms with E-state index in [0.29, 0.717) is 28.3 Å². The van der Waals surface area contributed by atoms with Crippen LogP contribution in [-0.4, -0.2) is 23.0 Å². The molecule has 31 heavy (non-hydrogen) atoms. The molecule has 0 amide bonds. The lowest BCUT2D eigenvalue weighted by atomic mass is 9.48. The number of hydrogen-bond donors (Lipinski definition) is 1. The molecule has 1 aromatic carbocycles. The van der Waals surface area contributed by atoms with Gasteiger partial charge in [-0.1, -0.05) is 42.3 Å². The standard InChI is InChI=1S/C26H32ClNO3/c1-25-13-11-19(31-24(29)16-3-6-18(27)7-4-16)15-17(25)5-8-20-21-9-10-23(28-30)26(21,2)14-12-22(20)25/h3-7,19-22,30H,8-15H2,1-2H3/b28-23+/t19?,20?,21?,22?,25-,26-/m0/s1. The molecule has 1 aromatic rings. The minimum Gasteiger partial charge on any atom is -0.458 e. The second-order valence-corrected chi connectivity index (χ2v) is 11.0. The normalized spacial score (nSPS) is 40.5. The summed E-state index contributed by atoms with van der Waals surface area (Å²) in [6, 6.07) is 6.92. The predicted octanol–water partition coefficient (Wildman–Crippen LogP) is 6.66. The Hall–Kier alpha value is -1.81. The Morgan fingerprint density at radius 2 is 1.81 bits per heavy atom. The number of benzene rings is 1. The number of carbonyl (C=O) groups excluding carboxylic acids is 1. The number of ether oxygens (including phenoxy) is 1. The van der Waals surface area contributed by atoms with Gasteiger partial charge in [-0.2, -0.15) is 0 Å². The van der Waals surface area contributed by atoms with Crippen LogP contribution < -0.4 is 0 Å². The number of esters is 1. The average molecular weight is 442 g/mol. The molecule has 4 nitrogen and oxygen atoms in total. The van der Waals surface area contributed by atoms with Gasteiger partial charge in [0.15, 0.2) is 0 Å². The molecule has 0 aromatic heterocycles. The zero-order valence-electron chi connectivity index (χ0n) is 18.4. The van der Waals surface area contributed by atoms with Crippen LogP contribution in [0, 0.1) is 28.6 Å². The SMILES string of the molecule is C[C@]12CCC(OC(=O)c3ccc(Cl)cc3)CC1=CCC1C2CC[C@]2(C)/C(=N/O)CCC12. The van der Waals surface area contributed by atoms with E-state index in [2.05, 4.69) is 25.1 Å². The van der Waals surface area contributed by atoms with Crippen molar-refractivity contribution in [3.05, 3.63) is 46.5 Å². The first-order chi connectivity index (χ1) is 14.8. The fourth-order valence-corrected chi connectivity index (χ4v) is 7.61. The largest absolute Gasteiger partial charge is 0.458 e. The zero-order valence-corrected chi connectivity index (χ0v) is 19.2. The molecule has 0 spiro atoms. The van der Waals surface area contributed by atoms with Crippen LogP contribution in [0.5, 0.6) is 0 Å². The van der Waals surface area contributed by atoms with Gasteiger partial charge in [-0.25, -0.2) is 4.79 Å². The first-order valence-corrected chi connectivity index (χ1v) is 12.1. The Bertz CT molecular complexity index is 938. The number of nitrogens with zero attached hydrogens (tertiary/aromatic N) is 1. The van der Waals surface area contributed by atoms with Crippen LogP contribution in [0.4, 0.5) is 0 Å². The third kappa shape index (κ3) is 3.33. The van der Waals surface area contributed by atoms with Crippen LogP contribution in [0.2, 0.25) is 5.02 Å². The van der Waals surface area contributed by atoms with Gasteiger partial charge in [-0.3, -0.25) is 0 Å². The Morgan fingerprint density at radius 1 is 1.10 bits per heavy atom. The molecule has 3 fully saturated rings. The molecule has 0 saturated heterocycles. The lowest BCUT2D eigenvalue weighted by molar-refractivity contribution is -0.0287. The minimum atomic E-state index is -0.255. The van der Waals surface area contributed by atoms with Gasteiger partial charge in [-0.15, -0.1) is 0 Å². The van der Waals surface area contributed by atoms with Gasteiger partial charge in [0.2, 0.25) is 0 Å². The van der Waals surface area contributed by atoms with Gasteiger partial charge in [0, 0.05) is 16.9 Å². The highest BCUT2D eigenvalue weighted by atomic mass is 35.5. The summed E-state index contributed by atoms with van der Waals surface area (Å²) in [6.07, 6.45) is 10.8. The van der Waals surface area contributed by atoms with E-state index in [1.165, 1.54) is 12.0 Å². The molecule has 4 aliphatic carbocycles. The molecular weight excluding hydrogens is 410 g/mol. The van der Waals surface area contributed by atoms with Gasteiger partial charge in [0.05, 0.1) is 11.3 Å².